The van der Waals surface area contributed by atoms with Gasteiger partial charge in [0, 0.05) is 52.4 Å². The number of ketones is 1. The van der Waals surface area contributed by atoms with E-state index in [1.807, 2.05) is 0 Å². The van der Waals surface area contributed by atoms with Crippen molar-refractivity contribution in [3.63, 3.8) is 0 Å². The molecule has 2 N–H and O–H groups in total. The van der Waals surface area contributed by atoms with Crippen molar-refractivity contribution >= 4 is 5.78 Å². The van der Waals surface area contributed by atoms with Crippen LogP contribution in [0.2, 0.25) is 0 Å². The fourth-order valence-electron chi connectivity index (χ4n) is 2.29. The molecule has 5 nitrogen and oxygen atoms in total. The Morgan fingerprint density at radius 2 is 1.19 bits per heavy atom. The van der Waals surface area contributed by atoms with Crippen molar-refractivity contribution in [3.8, 4) is 0 Å². The quantitative estimate of drug-likeness (QED) is 0.602. The van der Waals surface area contributed by atoms with Crippen LogP contribution in [0.5, 0.6) is 0 Å². The molecule has 2 rings (SSSR count). The number of hydrogen-bond donors (Lipinski definition) is 2. The molecule has 0 saturated carbocycles. The SMILES string of the molecule is O=C(CN1CCNCC1)CN1CCNCC1. The number of piperazine rings is 2. The van der Waals surface area contributed by atoms with Crippen LogP contribution in [0.3, 0.4) is 0 Å². The third-order valence-corrected chi connectivity index (χ3v) is 3.22. The second kappa shape index (κ2) is 6.30. The van der Waals surface area contributed by atoms with Crippen molar-refractivity contribution in [2.24, 2.45) is 0 Å². The molecule has 5 heteroatoms. The van der Waals surface area contributed by atoms with Gasteiger partial charge in [0.2, 0.25) is 0 Å². The average Bonchev–Trinajstić information content (AvgIpc) is 2.31. The number of nitrogens with zero attached hydrogens (tertiary/aromatic N) is 2. The summed E-state index contributed by atoms with van der Waals surface area (Å²) in [6.07, 6.45) is 0. The average molecular weight is 226 g/mol. The molecule has 0 aromatic heterocycles. The maximum atomic E-state index is 11.9. The van der Waals surface area contributed by atoms with Crippen molar-refractivity contribution in [1.29, 1.82) is 0 Å². The zero-order valence-corrected chi connectivity index (χ0v) is 9.87. The van der Waals surface area contributed by atoms with Crippen LogP contribution in [-0.4, -0.2) is 81.0 Å². The molecule has 2 aliphatic heterocycles. The molecule has 2 heterocycles. The van der Waals surface area contributed by atoms with Gasteiger partial charge in [-0.1, -0.05) is 0 Å². The van der Waals surface area contributed by atoms with Crippen LogP contribution < -0.4 is 10.6 Å². The van der Waals surface area contributed by atoms with Gasteiger partial charge in [-0.3, -0.25) is 14.6 Å². The Kier molecular flexibility index (Phi) is 4.71. The first-order chi connectivity index (χ1) is 7.84. The molecule has 0 aromatic rings. The molecule has 92 valence electrons. The lowest BCUT2D eigenvalue weighted by molar-refractivity contribution is -0.121. The molecular formula is C11H22N4O. The van der Waals surface area contributed by atoms with Gasteiger partial charge < -0.3 is 10.6 Å². The highest BCUT2D eigenvalue weighted by molar-refractivity contribution is 5.82. The van der Waals surface area contributed by atoms with Crippen LogP contribution >= 0.6 is 0 Å². The number of Topliss-reactive ketones (excluding diaryl/α,β-unsaturated/α-hetero) is 1. The Balaban J connectivity index is 1.66. The zero-order valence-electron chi connectivity index (χ0n) is 9.87. The summed E-state index contributed by atoms with van der Waals surface area (Å²) < 4.78 is 0. The van der Waals surface area contributed by atoms with Gasteiger partial charge in [0.1, 0.15) is 0 Å². The van der Waals surface area contributed by atoms with E-state index in [9.17, 15) is 4.79 Å². The summed E-state index contributed by atoms with van der Waals surface area (Å²) in [5.74, 6) is 0.365. The summed E-state index contributed by atoms with van der Waals surface area (Å²) in [7, 11) is 0. The first-order valence-electron chi connectivity index (χ1n) is 6.22. The first-order valence-corrected chi connectivity index (χ1v) is 6.22. The van der Waals surface area contributed by atoms with Gasteiger partial charge in [-0.05, 0) is 0 Å². The number of carbonyl (C=O) groups excluding carboxylic acids is 1. The van der Waals surface area contributed by atoms with Gasteiger partial charge >= 0.3 is 0 Å². The lowest BCUT2D eigenvalue weighted by Crippen LogP contribution is -2.49. The maximum absolute atomic E-state index is 11.9. The minimum absolute atomic E-state index is 0.365. The molecule has 16 heavy (non-hydrogen) atoms. The highest BCUT2D eigenvalue weighted by atomic mass is 16.1. The van der Waals surface area contributed by atoms with Crippen molar-refractivity contribution in [1.82, 2.24) is 20.4 Å². The normalized spacial score (nSPS) is 24.5. The molecule has 0 unspecified atom stereocenters. The van der Waals surface area contributed by atoms with E-state index in [2.05, 4.69) is 20.4 Å². The van der Waals surface area contributed by atoms with Crippen molar-refractivity contribution < 1.29 is 4.79 Å². The third kappa shape index (κ3) is 3.83. The Bertz CT molecular complexity index is 200. The second-order valence-corrected chi connectivity index (χ2v) is 4.59. The van der Waals surface area contributed by atoms with E-state index in [4.69, 9.17) is 0 Å². The highest BCUT2D eigenvalue weighted by Crippen LogP contribution is 1.96. The molecule has 0 amide bonds. The van der Waals surface area contributed by atoms with Crippen molar-refractivity contribution in [2.75, 3.05) is 65.4 Å². The largest absolute Gasteiger partial charge is 0.314 e. The topological polar surface area (TPSA) is 47.6 Å². The van der Waals surface area contributed by atoms with Crippen LogP contribution in [0.25, 0.3) is 0 Å². The number of carbonyl (C=O) groups is 1. The lowest BCUT2D eigenvalue weighted by Gasteiger charge is -2.29. The number of rotatable bonds is 4. The minimum Gasteiger partial charge on any atom is -0.314 e. The standard InChI is InChI=1S/C11H22N4O/c16-11(9-14-5-1-12-2-6-14)10-15-7-3-13-4-8-15/h12-13H,1-10H2. The van der Waals surface area contributed by atoms with E-state index in [1.165, 1.54) is 0 Å². The predicted molar refractivity (Wildman–Crippen MR) is 63.6 cm³/mol. The van der Waals surface area contributed by atoms with Crippen molar-refractivity contribution in [3.05, 3.63) is 0 Å². The Hall–Kier alpha value is -0.490. The number of hydrogen-bond acceptors (Lipinski definition) is 5. The molecule has 0 spiro atoms. The van der Waals surface area contributed by atoms with Crippen LogP contribution in [0.4, 0.5) is 0 Å². The Morgan fingerprint density at radius 3 is 1.56 bits per heavy atom. The van der Waals surface area contributed by atoms with E-state index in [0.29, 0.717) is 18.9 Å². The fourth-order valence-corrected chi connectivity index (χ4v) is 2.29. The molecule has 2 saturated heterocycles. The molecule has 0 aromatic carbocycles. The molecule has 0 radical (unpaired) electrons. The van der Waals surface area contributed by atoms with E-state index in [0.717, 1.165) is 52.4 Å². The third-order valence-electron chi connectivity index (χ3n) is 3.22. The number of nitrogens with one attached hydrogen (secondary N) is 2. The molecule has 2 aliphatic rings. The Labute approximate surface area is 97.2 Å². The summed E-state index contributed by atoms with van der Waals surface area (Å²) in [5, 5.41) is 6.60. The van der Waals surface area contributed by atoms with Crippen molar-refractivity contribution in [2.45, 2.75) is 0 Å². The molecule has 2 fully saturated rings. The Morgan fingerprint density at radius 1 is 0.812 bits per heavy atom. The highest BCUT2D eigenvalue weighted by Gasteiger charge is 2.17. The van der Waals surface area contributed by atoms with E-state index >= 15 is 0 Å². The van der Waals surface area contributed by atoms with Gasteiger partial charge in [-0.15, -0.1) is 0 Å². The summed E-state index contributed by atoms with van der Waals surface area (Å²) in [5.41, 5.74) is 0. The molecular weight excluding hydrogens is 204 g/mol. The summed E-state index contributed by atoms with van der Waals surface area (Å²) in [6.45, 7) is 9.35. The molecule has 0 aliphatic carbocycles. The minimum atomic E-state index is 0.365. The maximum Gasteiger partial charge on any atom is 0.160 e. The summed E-state index contributed by atoms with van der Waals surface area (Å²) >= 11 is 0. The predicted octanol–water partition coefficient (Wildman–Crippen LogP) is -1.63. The van der Waals surface area contributed by atoms with Gasteiger partial charge in [-0.25, -0.2) is 0 Å². The summed E-state index contributed by atoms with van der Waals surface area (Å²) in [4.78, 5) is 16.4. The van der Waals surface area contributed by atoms with Crippen LogP contribution in [-0.2, 0) is 4.79 Å². The van der Waals surface area contributed by atoms with Gasteiger partial charge in [0.05, 0.1) is 13.1 Å². The van der Waals surface area contributed by atoms with Gasteiger partial charge in [0.25, 0.3) is 0 Å². The van der Waals surface area contributed by atoms with E-state index in [-0.39, 0.29) is 0 Å². The van der Waals surface area contributed by atoms with Crippen LogP contribution in [0.15, 0.2) is 0 Å². The molecule has 0 atom stereocenters. The lowest BCUT2D eigenvalue weighted by atomic mass is 10.2. The molecule has 0 bridgehead atoms. The fraction of sp³-hybridized carbons (Fsp3) is 0.909. The van der Waals surface area contributed by atoms with E-state index < -0.39 is 0 Å². The monoisotopic (exact) mass is 226 g/mol. The second-order valence-electron chi connectivity index (χ2n) is 4.59. The van der Waals surface area contributed by atoms with Crippen LogP contribution in [0.1, 0.15) is 0 Å². The summed E-state index contributed by atoms with van der Waals surface area (Å²) in [6, 6.07) is 0. The first kappa shape index (κ1) is 12.0. The smallest absolute Gasteiger partial charge is 0.160 e. The van der Waals surface area contributed by atoms with E-state index in [1.54, 1.807) is 0 Å². The van der Waals surface area contributed by atoms with Crippen LogP contribution in [0, 0.1) is 0 Å². The zero-order chi connectivity index (χ0) is 11.2. The van der Waals surface area contributed by atoms with Gasteiger partial charge in [-0.2, -0.15) is 0 Å². The van der Waals surface area contributed by atoms with Gasteiger partial charge in [0.15, 0.2) is 5.78 Å².